The second kappa shape index (κ2) is 5.23. The highest BCUT2D eigenvalue weighted by Crippen LogP contribution is 2.17. The van der Waals surface area contributed by atoms with Crippen molar-refractivity contribution in [2.75, 3.05) is 6.54 Å². The number of amides is 1. The molecule has 5 heteroatoms. The van der Waals surface area contributed by atoms with Crippen molar-refractivity contribution in [2.45, 2.75) is 25.4 Å². The van der Waals surface area contributed by atoms with E-state index in [-0.39, 0.29) is 24.6 Å². The van der Waals surface area contributed by atoms with E-state index in [1.807, 2.05) is 0 Å². The monoisotopic (exact) mass is 240 g/mol. The number of benzene rings is 1. The summed E-state index contributed by atoms with van der Waals surface area (Å²) < 4.78 is 25.8. The van der Waals surface area contributed by atoms with E-state index in [0.29, 0.717) is 6.04 Å². The van der Waals surface area contributed by atoms with Crippen molar-refractivity contribution in [2.24, 2.45) is 0 Å². The van der Waals surface area contributed by atoms with Gasteiger partial charge in [-0.05, 0) is 18.9 Å². The molecule has 2 N–H and O–H groups in total. The number of hydrogen-bond donors (Lipinski definition) is 2. The Morgan fingerprint density at radius 2 is 2.12 bits per heavy atom. The predicted octanol–water partition coefficient (Wildman–Crippen LogP) is 1.33. The second-order valence-electron chi connectivity index (χ2n) is 4.17. The van der Waals surface area contributed by atoms with Crippen LogP contribution >= 0.6 is 0 Å². The standard InChI is InChI=1S/C12H14F2N2O/c13-9-2-1-8(11(14)5-9)6-16-12(17)7-15-10-3-4-10/h1-2,5,10,15H,3-4,6-7H2,(H,16,17). The van der Waals surface area contributed by atoms with Gasteiger partial charge in [0.25, 0.3) is 0 Å². The van der Waals surface area contributed by atoms with E-state index in [9.17, 15) is 13.6 Å². The minimum atomic E-state index is -0.638. The van der Waals surface area contributed by atoms with Crippen LogP contribution in [-0.4, -0.2) is 18.5 Å². The first-order chi connectivity index (χ1) is 8.15. The number of nitrogens with one attached hydrogen (secondary N) is 2. The summed E-state index contributed by atoms with van der Waals surface area (Å²) in [5.41, 5.74) is 0.283. The van der Waals surface area contributed by atoms with Gasteiger partial charge in [-0.2, -0.15) is 0 Å². The van der Waals surface area contributed by atoms with Gasteiger partial charge in [0.15, 0.2) is 0 Å². The Hall–Kier alpha value is -1.49. The fraction of sp³-hybridized carbons (Fsp3) is 0.417. The van der Waals surface area contributed by atoms with E-state index in [1.54, 1.807) is 0 Å². The number of hydrogen-bond acceptors (Lipinski definition) is 2. The Labute approximate surface area is 98.2 Å². The average Bonchev–Trinajstić information content (AvgIpc) is 3.09. The van der Waals surface area contributed by atoms with Gasteiger partial charge in [-0.25, -0.2) is 8.78 Å². The topological polar surface area (TPSA) is 41.1 Å². The van der Waals surface area contributed by atoms with Crippen LogP contribution in [0, 0.1) is 11.6 Å². The van der Waals surface area contributed by atoms with Crippen LogP contribution in [0.5, 0.6) is 0 Å². The van der Waals surface area contributed by atoms with Gasteiger partial charge >= 0.3 is 0 Å². The highest BCUT2D eigenvalue weighted by Gasteiger charge is 2.21. The lowest BCUT2D eigenvalue weighted by Crippen LogP contribution is -2.34. The van der Waals surface area contributed by atoms with E-state index in [2.05, 4.69) is 10.6 Å². The molecule has 1 aliphatic carbocycles. The molecule has 92 valence electrons. The molecule has 1 aromatic carbocycles. The van der Waals surface area contributed by atoms with E-state index in [4.69, 9.17) is 0 Å². The van der Waals surface area contributed by atoms with Gasteiger partial charge < -0.3 is 10.6 Å². The van der Waals surface area contributed by atoms with Gasteiger partial charge in [-0.1, -0.05) is 6.07 Å². The van der Waals surface area contributed by atoms with Crippen molar-refractivity contribution in [1.29, 1.82) is 0 Å². The summed E-state index contributed by atoms with van der Waals surface area (Å²) in [5, 5.41) is 5.63. The van der Waals surface area contributed by atoms with E-state index >= 15 is 0 Å². The van der Waals surface area contributed by atoms with Gasteiger partial charge in [0.2, 0.25) is 5.91 Å². The first-order valence-corrected chi connectivity index (χ1v) is 5.59. The normalized spacial score (nSPS) is 14.7. The van der Waals surface area contributed by atoms with E-state index in [0.717, 1.165) is 18.9 Å². The Bertz CT molecular complexity index is 419. The maximum Gasteiger partial charge on any atom is 0.234 e. The molecule has 0 spiro atoms. The van der Waals surface area contributed by atoms with Crippen LogP contribution < -0.4 is 10.6 Å². The van der Waals surface area contributed by atoms with Crippen molar-refractivity contribution in [3.63, 3.8) is 0 Å². The van der Waals surface area contributed by atoms with E-state index < -0.39 is 11.6 Å². The third-order valence-electron chi connectivity index (χ3n) is 2.62. The number of halogens is 2. The zero-order chi connectivity index (χ0) is 12.3. The first-order valence-electron chi connectivity index (χ1n) is 5.59. The number of rotatable bonds is 5. The minimum absolute atomic E-state index is 0.0806. The highest BCUT2D eigenvalue weighted by molar-refractivity contribution is 5.78. The van der Waals surface area contributed by atoms with Crippen LogP contribution in [0.15, 0.2) is 18.2 Å². The molecule has 17 heavy (non-hydrogen) atoms. The fourth-order valence-electron chi connectivity index (χ4n) is 1.45. The molecule has 0 aromatic heterocycles. The van der Waals surface area contributed by atoms with Gasteiger partial charge in [-0.15, -0.1) is 0 Å². The lowest BCUT2D eigenvalue weighted by atomic mass is 10.2. The predicted molar refractivity (Wildman–Crippen MR) is 59.2 cm³/mol. The Kier molecular flexibility index (Phi) is 3.68. The molecule has 1 fully saturated rings. The lowest BCUT2D eigenvalue weighted by Gasteiger charge is -2.07. The van der Waals surface area contributed by atoms with Crippen molar-refractivity contribution >= 4 is 5.91 Å². The molecule has 0 bridgehead atoms. The van der Waals surface area contributed by atoms with E-state index in [1.165, 1.54) is 12.1 Å². The molecule has 0 heterocycles. The molecule has 3 nitrogen and oxygen atoms in total. The Morgan fingerprint density at radius 1 is 1.35 bits per heavy atom. The minimum Gasteiger partial charge on any atom is -0.351 e. The van der Waals surface area contributed by atoms with Crippen molar-refractivity contribution in [3.05, 3.63) is 35.4 Å². The zero-order valence-electron chi connectivity index (χ0n) is 9.30. The summed E-state index contributed by atoms with van der Waals surface area (Å²) in [6, 6.07) is 3.78. The molecule has 1 amide bonds. The first kappa shape index (κ1) is 12.0. The summed E-state index contributed by atoms with van der Waals surface area (Å²) in [5.74, 6) is -1.44. The van der Waals surface area contributed by atoms with Crippen LogP contribution in [-0.2, 0) is 11.3 Å². The second-order valence-corrected chi connectivity index (χ2v) is 4.17. The van der Waals surface area contributed by atoms with Gasteiger partial charge in [0, 0.05) is 24.2 Å². The zero-order valence-corrected chi connectivity index (χ0v) is 9.30. The summed E-state index contributed by atoms with van der Waals surface area (Å²) in [7, 11) is 0. The molecule has 1 aromatic rings. The molecule has 0 aliphatic heterocycles. The van der Waals surface area contributed by atoms with Crippen molar-refractivity contribution in [1.82, 2.24) is 10.6 Å². The van der Waals surface area contributed by atoms with Crippen molar-refractivity contribution < 1.29 is 13.6 Å². The molecule has 0 radical (unpaired) electrons. The average molecular weight is 240 g/mol. The maximum absolute atomic E-state index is 13.2. The van der Waals surface area contributed by atoms with Crippen molar-refractivity contribution in [3.8, 4) is 0 Å². The third-order valence-corrected chi connectivity index (χ3v) is 2.62. The third kappa shape index (κ3) is 3.78. The van der Waals surface area contributed by atoms with Gasteiger partial charge in [-0.3, -0.25) is 4.79 Å². The Balaban J connectivity index is 1.77. The fourth-order valence-corrected chi connectivity index (χ4v) is 1.45. The molecule has 0 unspecified atom stereocenters. The SMILES string of the molecule is O=C(CNC1CC1)NCc1ccc(F)cc1F. The van der Waals surface area contributed by atoms with Crippen LogP contribution in [0.1, 0.15) is 18.4 Å². The van der Waals surface area contributed by atoms with Crippen LogP contribution in [0.3, 0.4) is 0 Å². The Morgan fingerprint density at radius 3 is 2.76 bits per heavy atom. The molecule has 0 atom stereocenters. The molecular formula is C12H14F2N2O. The summed E-state index contributed by atoms with van der Waals surface area (Å²) in [6.45, 7) is 0.324. The van der Waals surface area contributed by atoms with Gasteiger partial charge in [0.1, 0.15) is 11.6 Å². The molecule has 1 saturated carbocycles. The van der Waals surface area contributed by atoms with Crippen LogP contribution in [0.2, 0.25) is 0 Å². The summed E-state index contributed by atoms with van der Waals surface area (Å²) in [6.07, 6.45) is 2.22. The van der Waals surface area contributed by atoms with Crippen LogP contribution in [0.25, 0.3) is 0 Å². The smallest absolute Gasteiger partial charge is 0.234 e. The number of carbonyl (C=O) groups is 1. The summed E-state index contributed by atoms with van der Waals surface area (Å²) in [4.78, 5) is 11.4. The molecular weight excluding hydrogens is 226 g/mol. The molecule has 0 saturated heterocycles. The lowest BCUT2D eigenvalue weighted by molar-refractivity contribution is -0.120. The maximum atomic E-state index is 13.2. The molecule has 1 aliphatic rings. The molecule has 2 rings (SSSR count). The number of carbonyl (C=O) groups excluding carboxylic acids is 1. The largest absolute Gasteiger partial charge is 0.351 e. The summed E-state index contributed by atoms with van der Waals surface area (Å²) >= 11 is 0. The highest BCUT2D eigenvalue weighted by atomic mass is 19.1. The van der Waals surface area contributed by atoms with Gasteiger partial charge in [0.05, 0.1) is 6.54 Å². The quantitative estimate of drug-likeness (QED) is 0.815. The van der Waals surface area contributed by atoms with Crippen LogP contribution in [0.4, 0.5) is 8.78 Å².